The fourth-order valence-electron chi connectivity index (χ4n) is 7.18. The third-order valence-electron chi connectivity index (χ3n) is 8.20. The van der Waals surface area contributed by atoms with Gasteiger partial charge in [-0.25, -0.2) is 0 Å². The summed E-state index contributed by atoms with van der Waals surface area (Å²) in [6, 6.07) is 0. The van der Waals surface area contributed by atoms with Crippen LogP contribution in [0.25, 0.3) is 0 Å². The summed E-state index contributed by atoms with van der Waals surface area (Å²) in [4.78, 5) is 29.9. The first-order chi connectivity index (χ1) is 14.1. The standard InChI is InChI=1S/C23H36N2O4/c26-21(3-9-28-16-20-2-1-8-29-20)24-4-6-25(7-5-24)22(27)23-13-17-10-18(14-23)12-19(11-17)15-23/h17-20H,1-16H2. The highest BCUT2D eigenvalue weighted by Gasteiger charge is 2.55. The zero-order valence-electron chi connectivity index (χ0n) is 17.7. The van der Waals surface area contributed by atoms with E-state index in [4.69, 9.17) is 9.47 Å². The van der Waals surface area contributed by atoms with E-state index in [-0.39, 0.29) is 17.4 Å². The van der Waals surface area contributed by atoms with Crippen LogP contribution in [0, 0.1) is 23.2 Å². The number of amides is 2. The number of rotatable bonds is 6. The van der Waals surface area contributed by atoms with Gasteiger partial charge in [-0.3, -0.25) is 9.59 Å². The number of ether oxygens (including phenoxy) is 2. The maximum absolute atomic E-state index is 13.5. The Balaban J connectivity index is 1.06. The van der Waals surface area contributed by atoms with Crippen LogP contribution in [0.2, 0.25) is 0 Å². The molecule has 6 aliphatic rings. The van der Waals surface area contributed by atoms with Crippen LogP contribution in [0.3, 0.4) is 0 Å². The Bertz CT molecular complexity index is 587. The van der Waals surface area contributed by atoms with Crippen LogP contribution >= 0.6 is 0 Å². The van der Waals surface area contributed by atoms with Gasteiger partial charge in [0.2, 0.25) is 11.8 Å². The van der Waals surface area contributed by atoms with Gasteiger partial charge >= 0.3 is 0 Å². The van der Waals surface area contributed by atoms with Crippen molar-refractivity contribution in [3.05, 3.63) is 0 Å². The Morgan fingerprint density at radius 1 is 0.931 bits per heavy atom. The van der Waals surface area contributed by atoms with E-state index < -0.39 is 0 Å². The molecule has 1 unspecified atom stereocenters. The van der Waals surface area contributed by atoms with Crippen LogP contribution in [0.1, 0.15) is 57.8 Å². The molecule has 6 heteroatoms. The molecule has 162 valence electrons. The molecular weight excluding hydrogens is 368 g/mol. The highest BCUT2D eigenvalue weighted by molar-refractivity contribution is 5.84. The first-order valence-electron chi connectivity index (χ1n) is 11.9. The molecule has 2 saturated heterocycles. The van der Waals surface area contributed by atoms with Crippen molar-refractivity contribution in [2.75, 3.05) is 46.0 Å². The van der Waals surface area contributed by atoms with E-state index in [0.29, 0.717) is 51.7 Å². The predicted octanol–water partition coefficient (Wildman–Crippen LogP) is 2.46. The van der Waals surface area contributed by atoms with Gasteiger partial charge in [0.1, 0.15) is 0 Å². The average molecular weight is 405 g/mol. The quantitative estimate of drug-likeness (QED) is 0.638. The highest BCUT2D eigenvalue weighted by atomic mass is 16.5. The van der Waals surface area contributed by atoms with Crippen LogP contribution in [-0.2, 0) is 19.1 Å². The summed E-state index contributed by atoms with van der Waals surface area (Å²) in [5.74, 6) is 2.94. The van der Waals surface area contributed by atoms with Crippen molar-refractivity contribution in [1.82, 2.24) is 9.80 Å². The van der Waals surface area contributed by atoms with Crippen molar-refractivity contribution in [2.45, 2.75) is 63.9 Å². The third-order valence-corrected chi connectivity index (χ3v) is 8.20. The lowest BCUT2D eigenvalue weighted by atomic mass is 9.49. The lowest BCUT2D eigenvalue weighted by molar-refractivity contribution is -0.160. The van der Waals surface area contributed by atoms with E-state index in [1.165, 1.54) is 19.3 Å². The molecule has 0 spiro atoms. The first kappa shape index (κ1) is 19.8. The second-order valence-electron chi connectivity index (χ2n) is 10.3. The maximum atomic E-state index is 13.5. The van der Waals surface area contributed by atoms with E-state index in [0.717, 1.165) is 56.5 Å². The molecule has 4 bridgehead atoms. The van der Waals surface area contributed by atoms with Crippen LogP contribution in [-0.4, -0.2) is 73.7 Å². The minimum Gasteiger partial charge on any atom is -0.378 e. The second kappa shape index (κ2) is 8.18. The first-order valence-corrected chi connectivity index (χ1v) is 11.9. The molecule has 6 rings (SSSR count). The number of hydrogen-bond acceptors (Lipinski definition) is 4. The summed E-state index contributed by atoms with van der Waals surface area (Å²) in [5.41, 5.74) is -0.0585. The van der Waals surface area contributed by atoms with Gasteiger partial charge in [-0.05, 0) is 69.1 Å². The second-order valence-corrected chi connectivity index (χ2v) is 10.3. The maximum Gasteiger partial charge on any atom is 0.228 e. The van der Waals surface area contributed by atoms with Crippen LogP contribution in [0.15, 0.2) is 0 Å². The molecule has 0 aromatic rings. The number of piperazine rings is 1. The monoisotopic (exact) mass is 404 g/mol. The molecule has 2 amide bonds. The lowest BCUT2D eigenvalue weighted by Crippen LogP contribution is -2.58. The normalized spacial score (nSPS) is 38.6. The molecule has 0 aromatic heterocycles. The Kier molecular flexibility index (Phi) is 5.59. The van der Waals surface area contributed by atoms with Gasteiger partial charge < -0.3 is 19.3 Å². The van der Waals surface area contributed by atoms with Crippen LogP contribution in [0.4, 0.5) is 0 Å². The molecule has 6 nitrogen and oxygen atoms in total. The van der Waals surface area contributed by atoms with E-state index in [2.05, 4.69) is 4.90 Å². The average Bonchev–Trinajstić information content (AvgIpc) is 3.23. The molecule has 0 radical (unpaired) electrons. The smallest absolute Gasteiger partial charge is 0.228 e. The van der Waals surface area contributed by atoms with E-state index >= 15 is 0 Å². The van der Waals surface area contributed by atoms with Gasteiger partial charge in [0.15, 0.2) is 0 Å². The topological polar surface area (TPSA) is 59.1 Å². The van der Waals surface area contributed by atoms with Crippen molar-refractivity contribution in [3.63, 3.8) is 0 Å². The Morgan fingerprint density at radius 2 is 1.55 bits per heavy atom. The summed E-state index contributed by atoms with van der Waals surface area (Å²) < 4.78 is 11.2. The van der Waals surface area contributed by atoms with E-state index in [1.54, 1.807) is 0 Å². The SMILES string of the molecule is O=C(CCOCC1CCCO1)N1CCN(C(=O)C23CC4CC(CC(C4)C2)C3)CC1. The largest absolute Gasteiger partial charge is 0.378 e. The molecule has 6 fully saturated rings. The Morgan fingerprint density at radius 3 is 2.14 bits per heavy atom. The highest BCUT2D eigenvalue weighted by Crippen LogP contribution is 2.60. The van der Waals surface area contributed by atoms with Crippen molar-refractivity contribution < 1.29 is 19.1 Å². The molecular formula is C23H36N2O4. The molecule has 2 aliphatic heterocycles. The fourth-order valence-corrected chi connectivity index (χ4v) is 7.18. The molecule has 0 N–H and O–H groups in total. The summed E-state index contributed by atoms with van der Waals surface area (Å²) >= 11 is 0. The number of nitrogens with zero attached hydrogens (tertiary/aromatic N) is 2. The van der Waals surface area contributed by atoms with Crippen molar-refractivity contribution in [3.8, 4) is 0 Å². The third kappa shape index (κ3) is 4.07. The molecule has 4 aliphatic carbocycles. The predicted molar refractivity (Wildman–Crippen MR) is 108 cm³/mol. The summed E-state index contributed by atoms with van der Waals surface area (Å²) in [6.07, 6.45) is 10.3. The van der Waals surface area contributed by atoms with Gasteiger partial charge in [0.25, 0.3) is 0 Å². The van der Waals surface area contributed by atoms with Gasteiger partial charge in [-0.15, -0.1) is 0 Å². The number of carbonyl (C=O) groups excluding carboxylic acids is 2. The zero-order valence-corrected chi connectivity index (χ0v) is 17.7. The number of carbonyl (C=O) groups is 2. The molecule has 29 heavy (non-hydrogen) atoms. The Hall–Kier alpha value is -1.14. The minimum atomic E-state index is -0.0585. The molecule has 1 atom stereocenters. The van der Waals surface area contributed by atoms with Gasteiger partial charge in [-0.1, -0.05) is 0 Å². The zero-order chi connectivity index (χ0) is 19.8. The molecule has 0 aromatic carbocycles. The molecule has 2 heterocycles. The van der Waals surface area contributed by atoms with Gasteiger partial charge in [0, 0.05) is 32.8 Å². The fraction of sp³-hybridized carbons (Fsp3) is 0.913. The minimum absolute atomic E-state index is 0.0585. The van der Waals surface area contributed by atoms with Gasteiger partial charge in [0.05, 0.1) is 31.2 Å². The van der Waals surface area contributed by atoms with E-state index in [9.17, 15) is 9.59 Å². The Labute approximate surface area is 174 Å². The van der Waals surface area contributed by atoms with Crippen molar-refractivity contribution >= 4 is 11.8 Å². The van der Waals surface area contributed by atoms with Crippen LogP contribution in [0.5, 0.6) is 0 Å². The van der Waals surface area contributed by atoms with Crippen molar-refractivity contribution in [1.29, 1.82) is 0 Å². The summed E-state index contributed by atoms with van der Waals surface area (Å²) in [7, 11) is 0. The lowest BCUT2D eigenvalue weighted by Gasteiger charge is -2.57. The van der Waals surface area contributed by atoms with Crippen molar-refractivity contribution in [2.24, 2.45) is 23.2 Å². The number of hydrogen-bond donors (Lipinski definition) is 0. The summed E-state index contributed by atoms with van der Waals surface area (Å²) in [5, 5.41) is 0. The molecule has 4 saturated carbocycles. The van der Waals surface area contributed by atoms with Crippen LogP contribution < -0.4 is 0 Å². The van der Waals surface area contributed by atoms with E-state index in [1.807, 2.05) is 4.90 Å². The van der Waals surface area contributed by atoms with Gasteiger partial charge in [-0.2, -0.15) is 0 Å². The summed E-state index contributed by atoms with van der Waals surface area (Å²) in [6.45, 7) is 4.63.